The van der Waals surface area contributed by atoms with Gasteiger partial charge in [-0.3, -0.25) is 0 Å². The molecule has 0 unspecified atom stereocenters. The van der Waals surface area contributed by atoms with Gasteiger partial charge in [0.15, 0.2) is 11.5 Å². The molecule has 2 aromatic rings. The highest BCUT2D eigenvalue weighted by atomic mass is 79.9. The molecule has 1 aliphatic rings. The standard InChI is InChI=1S/C15H14FNO2.BrH/c16-13-4-2-1-3-12(13)9-17-8-11-5-6-14-15(7-11)19-10-18-14;/h1-7,17H,8-10H2;1H. The van der Waals surface area contributed by atoms with Gasteiger partial charge >= 0.3 is 0 Å². The maximum Gasteiger partial charge on any atom is 0.231 e. The van der Waals surface area contributed by atoms with Crippen LogP contribution >= 0.6 is 17.0 Å². The Morgan fingerprint density at radius 3 is 2.65 bits per heavy atom. The molecule has 0 fully saturated rings. The zero-order valence-electron chi connectivity index (χ0n) is 10.8. The Bertz CT molecular complexity index is 592. The highest BCUT2D eigenvalue weighted by Crippen LogP contribution is 2.32. The molecule has 0 spiro atoms. The SMILES string of the molecule is Br.Fc1ccccc1CNCc1ccc2c(c1)OCO2. The molecule has 0 saturated carbocycles. The third-order valence-electron chi connectivity index (χ3n) is 3.04. The Kier molecular flexibility index (Phi) is 4.98. The average molecular weight is 340 g/mol. The Morgan fingerprint density at radius 1 is 1.00 bits per heavy atom. The molecular weight excluding hydrogens is 325 g/mol. The molecule has 1 N–H and O–H groups in total. The van der Waals surface area contributed by atoms with Crippen molar-refractivity contribution in [1.82, 2.24) is 5.32 Å². The summed E-state index contributed by atoms with van der Waals surface area (Å²) in [7, 11) is 0. The summed E-state index contributed by atoms with van der Waals surface area (Å²) in [5.74, 6) is 1.36. The number of hydrogen-bond acceptors (Lipinski definition) is 3. The van der Waals surface area contributed by atoms with E-state index in [2.05, 4.69) is 5.32 Å². The number of rotatable bonds is 4. The molecule has 0 bridgehead atoms. The predicted molar refractivity (Wildman–Crippen MR) is 79.8 cm³/mol. The number of benzene rings is 2. The third kappa shape index (κ3) is 3.29. The van der Waals surface area contributed by atoms with Gasteiger partial charge in [-0.15, -0.1) is 17.0 Å². The molecular formula is C15H15BrFNO2. The maximum atomic E-state index is 13.4. The highest BCUT2D eigenvalue weighted by molar-refractivity contribution is 8.93. The molecule has 3 rings (SSSR count). The molecule has 5 heteroatoms. The summed E-state index contributed by atoms with van der Waals surface area (Å²) in [6.07, 6.45) is 0. The van der Waals surface area contributed by atoms with Crippen molar-refractivity contribution in [3.63, 3.8) is 0 Å². The van der Waals surface area contributed by atoms with Crippen LogP contribution in [0.2, 0.25) is 0 Å². The van der Waals surface area contributed by atoms with Crippen molar-refractivity contribution in [2.75, 3.05) is 6.79 Å². The van der Waals surface area contributed by atoms with Gasteiger partial charge in [-0.2, -0.15) is 0 Å². The Hall–Kier alpha value is -1.59. The molecule has 1 heterocycles. The van der Waals surface area contributed by atoms with Crippen molar-refractivity contribution in [3.8, 4) is 11.5 Å². The Balaban J connectivity index is 0.00000147. The lowest BCUT2D eigenvalue weighted by Crippen LogP contribution is -2.13. The van der Waals surface area contributed by atoms with Gasteiger partial charge < -0.3 is 14.8 Å². The van der Waals surface area contributed by atoms with Gasteiger partial charge in [0, 0.05) is 18.7 Å². The monoisotopic (exact) mass is 339 g/mol. The van der Waals surface area contributed by atoms with Crippen molar-refractivity contribution in [2.24, 2.45) is 0 Å². The smallest absolute Gasteiger partial charge is 0.231 e. The normalized spacial score (nSPS) is 12.1. The first-order valence-corrected chi connectivity index (χ1v) is 6.15. The minimum Gasteiger partial charge on any atom is -0.454 e. The number of hydrogen-bond donors (Lipinski definition) is 1. The van der Waals surface area contributed by atoms with Crippen LogP contribution in [0.15, 0.2) is 42.5 Å². The van der Waals surface area contributed by atoms with Gasteiger partial charge in [0.05, 0.1) is 0 Å². The van der Waals surface area contributed by atoms with Crippen LogP contribution in [0.5, 0.6) is 11.5 Å². The number of fused-ring (bicyclic) bond motifs is 1. The van der Waals surface area contributed by atoms with Gasteiger partial charge in [0.1, 0.15) is 5.82 Å². The number of ether oxygens (including phenoxy) is 2. The Labute approximate surface area is 127 Å². The second-order valence-electron chi connectivity index (χ2n) is 4.38. The van der Waals surface area contributed by atoms with E-state index in [0.29, 0.717) is 18.7 Å². The summed E-state index contributed by atoms with van der Waals surface area (Å²) in [5, 5.41) is 3.21. The van der Waals surface area contributed by atoms with Crippen molar-refractivity contribution in [2.45, 2.75) is 13.1 Å². The van der Waals surface area contributed by atoms with E-state index in [1.54, 1.807) is 12.1 Å². The highest BCUT2D eigenvalue weighted by Gasteiger charge is 2.12. The fourth-order valence-electron chi connectivity index (χ4n) is 2.03. The van der Waals surface area contributed by atoms with E-state index in [4.69, 9.17) is 9.47 Å². The van der Waals surface area contributed by atoms with E-state index < -0.39 is 0 Å². The zero-order chi connectivity index (χ0) is 13.1. The molecule has 0 radical (unpaired) electrons. The lowest BCUT2D eigenvalue weighted by atomic mass is 10.2. The molecule has 0 aromatic heterocycles. The van der Waals surface area contributed by atoms with Gasteiger partial charge in [-0.05, 0) is 23.8 Å². The van der Waals surface area contributed by atoms with Crippen LogP contribution < -0.4 is 14.8 Å². The summed E-state index contributed by atoms with van der Waals surface area (Å²) < 4.78 is 24.0. The second kappa shape index (κ2) is 6.72. The molecule has 0 saturated heterocycles. The predicted octanol–water partition coefficient (Wildman–Crippen LogP) is 3.42. The first kappa shape index (κ1) is 14.8. The molecule has 1 aliphatic heterocycles. The van der Waals surface area contributed by atoms with E-state index in [9.17, 15) is 4.39 Å². The largest absolute Gasteiger partial charge is 0.454 e. The van der Waals surface area contributed by atoms with Crippen LogP contribution in [0, 0.1) is 5.82 Å². The molecule has 20 heavy (non-hydrogen) atoms. The Morgan fingerprint density at radius 2 is 1.80 bits per heavy atom. The van der Waals surface area contributed by atoms with Crippen LogP contribution in [-0.2, 0) is 13.1 Å². The van der Waals surface area contributed by atoms with E-state index in [1.165, 1.54) is 6.07 Å². The molecule has 0 aliphatic carbocycles. The first-order valence-electron chi connectivity index (χ1n) is 6.15. The van der Waals surface area contributed by atoms with Crippen LogP contribution in [0.4, 0.5) is 4.39 Å². The first-order chi connectivity index (χ1) is 9.33. The number of halogens is 2. The minimum absolute atomic E-state index is 0. The minimum atomic E-state index is -0.180. The summed E-state index contributed by atoms with van der Waals surface area (Å²) in [4.78, 5) is 0. The van der Waals surface area contributed by atoms with E-state index in [1.807, 2.05) is 24.3 Å². The van der Waals surface area contributed by atoms with E-state index in [-0.39, 0.29) is 29.6 Å². The zero-order valence-corrected chi connectivity index (χ0v) is 12.5. The van der Waals surface area contributed by atoms with Gasteiger partial charge in [0.2, 0.25) is 6.79 Å². The van der Waals surface area contributed by atoms with E-state index >= 15 is 0 Å². The fourth-order valence-corrected chi connectivity index (χ4v) is 2.03. The maximum absolute atomic E-state index is 13.4. The molecule has 0 amide bonds. The lowest BCUT2D eigenvalue weighted by Gasteiger charge is -2.06. The second-order valence-corrected chi connectivity index (χ2v) is 4.38. The molecule has 106 valence electrons. The molecule has 3 nitrogen and oxygen atoms in total. The topological polar surface area (TPSA) is 30.5 Å². The van der Waals surface area contributed by atoms with Gasteiger partial charge in [0.25, 0.3) is 0 Å². The molecule has 0 atom stereocenters. The summed E-state index contributed by atoms with van der Waals surface area (Å²) in [5.41, 5.74) is 1.75. The van der Waals surface area contributed by atoms with E-state index in [0.717, 1.165) is 17.1 Å². The lowest BCUT2D eigenvalue weighted by molar-refractivity contribution is 0.174. The van der Waals surface area contributed by atoms with Crippen molar-refractivity contribution in [1.29, 1.82) is 0 Å². The van der Waals surface area contributed by atoms with Crippen LogP contribution in [0.1, 0.15) is 11.1 Å². The van der Waals surface area contributed by atoms with Crippen LogP contribution in [0.3, 0.4) is 0 Å². The summed E-state index contributed by atoms with van der Waals surface area (Å²) >= 11 is 0. The number of nitrogens with one attached hydrogen (secondary N) is 1. The summed E-state index contributed by atoms with van der Waals surface area (Å²) in [6.45, 7) is 1.44. The quantitative estimate of drug-likeness (QED) is 0.925. The van der Waals surface area contributed by atoms with Gasteiger partial charge in [-0.25, -0.2) is 4.39 Å². The average Bonchev–Trinajstić information content (AvgIpc) is 2.88. The van der Waals surface area contributed by atoms with Crippen LogP contribution in [-0.4, -0.2) is 6.79 Å². The van der Waals surface area contributed by atoms with Crippen molar-refractivity contribution < 1.29 is 13.9 Å². The van der Waals surface area contributed by atoms with Crippen LogP contribution in [0.25, 0.3) is 0 Å². The van der Waals surface area contributed by atoms with Crippen molar-refractivity contribution >= 4 is 17.0 Å². The third-order valence-corrected chi connectivity index (χ3v) is 3.04. The van der Waals surface area contributed by atoms with Gasteiger partial charge in [-0.1, -0.05) is 24.3 Å². The summed E-state index contributed by atoms with van der Waals surface area (Å²) in [6, 6.07) is 12.6. The fraction of sp³-hybridized carbons (Fsp3) is 0.200. The van der Waals surface area contributed by atoms with Crippen molar-refractivity contribution in [3.05, 3.63) is 59.4 Å². The molecule has 2 aromatic carbocycles.